The van der Waals surface area contributed by atoms with Crippen molar-refractivity contribution in [1.29, 1.82) is 0 Å². The second-order valence-electron chi connectivity index (χ2n) is 1.19. The minimum atomic E-state index is -0.803. The molecule has 0 aliphatic carbocycles. The van der Waals surface area contributed by atoms with E-state index in [-0.39, 0.29) is 0 Å². The fraction of sp³-hybridized carbons (Fsp3) is 0. The molecule has 0 heterocycles. The van der Waals surface area contributed by atoms with Crippen LogP contribution < -0.4 is 21.9 Å². The second kappa shape index (κ2) is 6.09. The topological polar surface area (TPSA) is 102 Å². The van der Waals surface area contributed by atoms with Crippen LogP contribution in [0.1, 0.15) is 0 Å². The molecule has 11 heavy (non-hydrogen) atoms. The van der Waals surface area contributed by atoms with Crippen LogP contribution in [-0.4, -0.2) is 16.5 Å². The Labute approximate surface area is 71.0 Å². The number of urea groups is 1. The third-order valence-electron chi connectivity index (χ3n) is 0.530. The van der Waals surface area contributed by atoms with Gasteiger partial charge in [-0.2, -0.15) is 0 Å². The molecule has 0 aromatic heterocycles. The number of nitrogens with one attached hydrogen (secondary N) is 4. The highest BCUT2D eigenvalue weighted by Gasteiger charge is 2.00. The molecule has 0 atom stereocenters. The van der Waals surface area contributed by atoms with Crippen LogP contribution in [0.15, 0.2) is 0 Å². The van der Waals surface area contributed by atoms with E-state index in [1.165, 1.54) is 5.59 Å². The molecule has 0 aliphatic heterocycles. The zero-order valence-electron chi connectivity index (χ0n) is 5.12. The molecule has 7 nitrogen and oxygen atoms in total. The van der Waals surface area contributed by atoms with Crippen molar-refractivity contribution < 1.29 is 14.8 Å². The van der Waals surface area contributed by atoms with E-state index >= 15 is 0 Å². The fourth-order valence-corrected chi connectivity index (χ4v) is 0.446. The first-order valence-electron chi connectivity index (χ1n) is 2.27. The molecule has 0 aliphatic rings. The van der Waals surface area contributed by atoms with Gasteiger partial charge in [-0.05, 0) is 0 Å². The summed E-state index contributed by atoms with van der Waals surface area (Å²) in [5.74, 6) is 0. The molecule has 0 bridgehead atoms. The van der Waals surface area contributed by atoms with Crippen LogP contribution in [0, 0.1) is 0 Å². The number of hydrazine groups is 2. The van der Waals surface area contributed by atoms with Crippen LogP contribution in [0.2, 0.25) is 0 Å². The van der Waals surface area contributed by atoms with Gasteiger partial charge in [0.25, 0.3) is 0 Å². The highest BCUT2D eigenvalue weighted by Crippen LogP contribution is 2.03. The SMILES string of the molecule is O=C(NNO)NNC(=O)SS. The second-order valence-corrected chi connectivity index (χ2v) is 2.30. The molecular weight excluding hydrogens is 192 g/mol. The Morgan fingerprint density at radius 1 is 1.27 bits per heavy atom. The molecule has 0 saturated carbocycles. The monoisotopic (exact) mass is 198 g/mol. The summed E-state index contributed by atoms with van der Waals surface area (Å²) >= 11 is 3.54. The summed E-state index contributed by atoms with van der Waals surface area (Å²) in [5.41, 5.74) is 6.95. The molecule has 0 rings (SSSR count). The number of hydrogen-bond acceptors (Lipinski definition) is 6. The summed E-state index contributed by atoms with van der Waals surface area (Å²) in [6.45, 7) is 0. The third-order valence-corrected chi connectivity index (χ3v) is 1.30. The molecule has 0 saturated heterocycles. The summed E-state index contributed by atoms with van der Waals surface area (Å²) < 4.78 is 0. The third kappa shape index (κ3) is 5.79. The molecule has 0 radical (unpaired) electrons. The number of amides is 3. The lowest BCUT2D eigenvalue weighted by atomic mass is 11.1. The van der Waals surface area contributed by atoms with E-state index in [1.54, 1.807) is 5.43 Å². The Bertz CT molecular complexity index is 152. The van der Waals surface area contributed by atoms with Crippen molar-refractivity contribution in [1.82, 2.24) is 21.9 Å². The minimum absolute atomic E-state index is 0.540. The molecule has 64 valence electrons. The van der Waals surface area contributed by atoms with Crippen molar-refractivity contribution in [2.45, 2.75) is 0 Å². The summed E-state index contributed by atoms with van der Waals surface area (Å²) in [4.78, 5) is 20.7. The van der Waals surface area contributed by atoms with Gasteiger partial charge in [0.1, 0.15) is 0 Å². The average molecular weight is 198 g/mol. The van der Waals surface area contributed by atoms with E-state index in [2.05, 4.69) is 11.7 Å². The molecule has 0 unspecified atom stereocenters. The predicted octanol–water partition coefficient (Wildman–Crippen LogP) is -0.618. The highest BCUT2D eigenvalue weighted by molar-refractivity contribution is 8.74. The van der Waals surface area contributed by atoms with Gasteiger partial charge >= 0.3 is 11.3 Å². The summed E-state index contributed by atoms with van der Waals surface area (Å²) in [6, 6.07) is -0.803. The van der Waals surface area contributed by atoms with Crippen molar-refractivity contribution in [3.05, 3.63) is 0 Å². The van der Waals surface area contributed by atoms with Crippen molar-refractivity contribution in [3.8, 4) is 0 Å². The van der Waals surface area contributed by atoms with Crippen molar-refractivity contribution in [2.24, 2.45) is 0 Å². The number of thiol groups is 1. The Morgan fingerprint density at radius 3 is 2.36 bits per heavy atom. The lowest BCUT2D eigenvalue weighted by Crippen LogP contribution is -2.49. The summed E-state index contributed by atoms with van der Waals surface area (Å²) in [5, 5.41) is 7.36. The average Bonchev–Trinajstić information content (AvgIpc) is 2.01. The highest BCUT2D eigenvalue weighted by atomic mass is 33.1. The van der Waals surface area contributed by atoms with E-state index in [9.17, 15) is 9.59 Å². The minimum Gasteiger partial charge on any atom is -0.297 e. The van der Waals surface area contributed by atoms with E-state index in [4.69, 9.17) is 5.21 Å². The van der Waals surface area contributed by atoms with E-state index in [1.807, 2.05) is 10.9 Å². The molecule has 5 N–H and O–H groups in total. The van der Waals surface area contributed by atoms with E-state index in [0.29, 0.717) is 10.8 Å². The maximum absolute atomic E-state index is 10.4. The normalized spacial score (nSPS) is 8.55. The van der Waals surface area contributed by atoms with E-state index < -0.39 is 11.3 Å². The predicted molar refractivity (Wildman–Crippen MR) is 41.7 cm³/mol. The quantitative estimate of drug-likeness (QED) is 0.191. The van der Waals surface area contributed by atoms with E-state index in [0.717, 1.165) is 0 Å². The van der Waals surface area contributed by atoms with Gasteiger partial charge in [0.15, 0.2) is 0 Å². The first kappa shape index (κ1) is 10.4. The maximum atomic E-state index is 10.4. The first-order valence-corrected chi connectivity index (χ1v) is 4.14. The van der Waals surface area contributed by atoms with Gasteiger partial charge < -0.3 is 0 Å². The van der Waals surface area contributed by atoms with Crippen molar-refractivity contribution >= 4 is 33.7 Å². The number of rotatable bonds is 1. The van der Waals surface area contributed by atoms with Crippen LogP contribution in [0.5, 0.6) is 0 Å². The Kier molecular flexibility index (Phi) is 5.74. The number of carbonyl (C=O) groups is 2. The Hall–Kier alpha value is -0.640. The molecule has 0 spiro atoms. The lowest BCUT2D eigenvalue weighted by Gasteiger charge is -2.04. The fourth-order valence-electron chi connectivity index (χ4n) is 0.213. The van der Waals surface area contributed by atoms with Crippen LogP contribution >= 0.6 is 22.5 Å². The van der Waals surface area contributed by atoms with Crippen molar-refractivity contribution in [3.63, 3.8) is 0 Å². The zero-order chi connectivity index (χ0) is 8.69. The molecular formula is C2H6N4O3S2. The first-order chi connectivity index (χ1) is 5.20. The molecule has 9 heteroatoms. The summed E-state index contributed by atoms with van der Waals surface area (Å²) in [6.07, 6.45) is 0. The van der Waals surface area contributed by atoms with Gasteiger partial charge in [-0.25, -0.2) is 15.6 Å². The molecule has 0 aromatic carbocycles. The number of hydrogen-bond donors (Lipinski definition) is 6. The Morgan fingerprint density at radius 2 is 1.91 bits per heavy atom. The van der Waals surface area contributed by atoms with Crippen LogP contribution in [0.25, 0.3) is 0 Å². The van der Waals surface area contributed by atoms with Gasteiger partial charge in [-0.15, -0.1) is 17.2 Å². The molecule has 0 fully saturated rings. The van der Waals surface area contributed by atoms with Crippen LogP contribution in [0.4, 0.5) is 9.59 Å². The Balaban J connectivity index is 3.38. The maximum Gasteiger partial charge on any atom is 0.349 e. The van der Waals surface area contributed by atoms with Crippen LogP contribution in [-0.2, 0) is 0 Å². The standard InChI is InChI=1S/C2H6N4O3S2/c7-1(4-6-9)3-5-2(8)11-10/h6,9-10H,(H,5,8)(H2,3,4,7). The number of carbonyl (C=O) groups excluding carboxylic acids is 2. The van der Waals surface area contributed by atoms with Crippen LogP contribution in [0.3, 0.4) is 0 Å². The summed E-state index contributed by atoms with van der Waals surface area (Å²) in [7, 11) is 0.604. The van der Waals surface area contributed by atoms with Gasteiger partial charge in [0.2, 0.25) is 0 Å². The van der Waals surface area contributed by atoms with Crippen molar-refractivity contribution in [2.75, 3.05) is 0 Å². The largest absolute Gasteiger partial charge is 0.349 e. The van der Waals surface area contributed by atoms with Gasteiger partial charge in [-0.1, -0.05) is 0 Å². The zero-order valence-corrected chi connectivity index (χ0v) is 6.83. The molecule has 0 aromatic rings. The van der Waals surface area contributed by atoms with Gasteiger partial charge in [0.05, 0.1) is 0 Å². The molecule has 3 amide bonds. The lowest BCUT2D eigenvalue weighted by molar-refractivity contribution is 0.125. The van der Waals surface area contributed by atoms with Gasteiger partial charge in [-0.3, -0.25) is 15.4 Å². The van der Waals surface area contributed by atoms with Gasteiger partial charge in [0, 0.05) is 10.8 Å². The smallest absolute Gasteiger partial charge is 0.297 e.